The van der Waals surface area contributed by atoms with Gasteiger partial charge in [0.1, 0.15) is 0 Å². The fraction of sp³-hybridized carbons (Fsp3) is 0.650. The Morgan fingerprint density at radius 2 is 2.04 bits per heavy atom. The number of likely N-dealkylation sites (N-methyl/N-ethyl adjacent to an activating group) is 1. The predicted molar refractivity (Wildman–Crippen MR) is 102 cm³/mol. The van der Waals surface area contributed by atoms with Gasteiger partial charge < -0.3 is 10.1 Å². The molecular weight excluding hydrogens is 314 g/mol. The highest BCUT2D eigenvalue weighted by Crippen LogP contribution is 2.17. The second-order valence-electron chi connectivity index (χ2n) is 7.45. The van der Waals surface area contributed by atoms with Gasteiger partial charge in [-0.25, -0.2) is 0 Å². The second-order valence-corrected chi connectivity index (χ2v) is 7.45. The number of carbonyl (C=O) groups is 1. The smallest absolute Gasteiger partial charge is 0.234 e. The minimum atomic E-state index is 0.0508. The first-order chi connectivity index (χ1) is 12.0. The summed E-state index contributed by atoms with van der Waals surface area (Å²) < 4.78 is 5.79. The highest BCUT2D eigenvalue weighted by atomic mass is 16.5. The minimum Gasteiger partial charge on any atom is -0.374 e. The van der Waals surface area contributed by atoms with Crippen LogP contribution in [0.4, 0.5) is 0 Å². The van der Waals surface area contributed by atoms with E-state index in [-0.39, 0.29) is 18.1 Å². The Balaban J connectivity index is 1.73. The first kappa shape index (κ1) is 19.9. The zero-order chi connectivity index (χ0) is 18.2. The third-order valence-corrected chi connectivity index (χ3v) is 4.71. The van der Waals surface area contributed by atoms with Crippen molar-refractivity contribution in [3.63, 3.8) is 0 Å². The van der Waals surface area contributed by atoms with E-state index < -0.39 is 0 Å². The largest absolute Gasteiger partial charge is 0.374 e. The zero-order valence-electron chi connectivity index (χ0n) is 16.1. The summed E-state index contributed by atoms with van der Waals surface area (Å²) in [6.45, 7) is 11.3. The third kappa shape index (κ3) is 6.77. The summed E-state index contributed by atoms with van der Waals surface area (Å²) in [4.78, 5) is 16.8. The molecule has 0 aromatic heterocycles. The van der Waals surface area contributed by atoms with Crippen molar-refractivity contribution in [3.8, 4) is 0 Å². The number of benzene rings is 1. The molecule has 1 aromatic rings. The first-order valence-corrected chi connectivity index (χ1v) is 9.31. The average Bonchev–Trinajstić information content (AvgIpc) is 2.60. The molecular formula is C20H33N3O2. The Labute approximate surface area is 152 Å². The SMILES string of the molecule is CC(C)CN1CCO[C@@H](CNC(=O)CN(C)[C@H](C)c2ccccc2)C1. The summed E-state index contributed by atoms with van der Waals surface area (Å²) in [5.74, 6) is 0.705. The van der Waals surface area contributed by atoms with E-state index in [1.165, 1.54) is 5.56 Å². The normalized spacial score (nSPS) is 20.0. The van der Waals surface area contributed by atoms with Crippen LogP contribution in [-0.4, -0.2) is 68.2 Å². The molecule has 1 amide bonds. The van der Waals surface area contributed by atoms with Crippen LogP contribution in [-0.2, 0) is 9.53 Å². The van der Waals surface area contributed by atoms with Crippen molar-refractivity contribution < 1.29 is 9.53 Å². The average molecular weight is 348 g/mol. The van der Waals surface area contributed by atoms with Gasteiger partial charge in [-0.05, 0) is 25.5 Å². The summed E-state index contributed by atoms with van der Waals surface area (Å²) in [5, 5.41) is 3.03. The van der Waals surface area contributed by atoms with Gasteiger partial charge >= 0.3 is 0 Å². The fourth-order valence-electron chi connectivity index (χ4n) is 3.22. The van der Waals surface area contributed by atoms with Crippen LogP contribution in [0.5, 0.6) is 0 Å². The van der Waals surface area contributed by atoms with Gasteiger partial charge in [0.15, 0.2) is 0 Å². The molecule has 0 unspecified atom stereocenters. The molecule has 5 nitrogen and oxygen atoms in total. The molecule has 25 heavy (non-hydrogen) atoms. The molecule has 1 aliphatic rings. The number of carbonyl (C=O) groups excluding carboxylic acids is 1. The van der Waals surface area contributed by atoms with Crippen molar-refractivity contribution in [1.82, 2.24) is 15.1 Å². The van der Waals surface area contributed by atoms with Crippen LogP contribution in [0, 0.1) is 5.92 Å². The summed E-state index contributed by atoms with van der Waals surface area (Å²) in [7, 11) is 1.98. The molecule has 1 fully saturated rings. The molecule has 0 spiro atoms. The lowest BCUT2D eigenvalue weighted by atomic mass is 10.1. The van der Waals surface area contributed by atoms with Crippen LogP contribution >= 0.6 is 0 Å². The van der Waals surface area contributed by atoms with Gasteiger partial charge in [-0.1, -0.05) is 44.2 Å². The summed E-state index contributed by atoms with van der Waals surface area (Å²) in [6.07, 6.45) is 0.0910. The van der Waals surface area contributed by atoms with Crippen LogP contribution in [0.2, 0.25) is 0 Å². The Morgan fingerprint density at radius 3 is 2.72 bits per heavy atom. The van der Waals surface area contributed by atoms with E-state index in [4.69, 9.17) is 4.74 Å². The molecule has 0 bridgehead atoms. The monoisotopic (exact) mass is 347 g/mol. The fourth-order valence-corrected chi connectivity index (χ4v) is 3.22. The molecule has 0 saturated carbocycles. The number of nitrogens with zero attached hydrogens (tertiary/aromatic N) is 2. The molecule has 5 heteroatoms. The molecule has 0 radical (unpaired) electrons. The Kier molecular flexibility index (Phi) is 7.88. The van der Waals surface area contributed by atoms with Crippen molar-refractivity contribution in [2.45, 2.75) is 32.9 Å². The number of rotatable bonds is 8. The number of hydrogen-bond acceptors (Lipinski definition) is 4. The lowest BCUT2D eigenvalue weighted by molar-refractivity contribution is -0.123. The quantitative estimate of drug-likeness (QED) is 0.783. The van der Waals surface area contributed by atoms with Crippen LogP contribution in [0.1, 0.15) is 32.4 Å². The van der Waals surface area contributed by atoms with E-state index in [1.54, 1.807) is 0 Å². The molecule has 1 aromatic carbocycles. The molecule has 0 aliphatic carbocycles. The van der Waals surface area contributed by atoms with Crippen molar-refractivity contribution in [3.05, 3.63) is 35.9 Å². The lowest BCUT2D eigenvalue weighted by Crippen LogP contribution is -2.49. The highest BCUT2D eigenvalue weighted by molar-refractivity contribution is 5.78. The molecule has 1 heterocycles. The van der Waals surface area contributed by atoms with E-state index in [9.17, 15) is 4.79 Å². The number of morpholine rings is 1. The minimum absolute atomic E-state index is 0.0508. The van der Waals surface area contributed by atoms with Gasteiger partial charge in [0.05, 0.1) is 19.3 Å². The summed E-state index contributed by atoms with van der Waals surface area (Å²) in [6, 6.07) is 10.5. The standard InChI is InChI=1S/C20H33N3O2/c1-16(2)13-23-10-11-25-19(14-23)12-21-20(24)15-22(4)17(3)18-8-6-5-7-9-18/h5-9,16-17,19H,10-15H2,1-4H3,(H,21,24)/t17-,19+/m1/s1. The molecule has 1 saturated heterocycles. The van der Waals surface area contributed by atoms with Gasteiger partial charge in [0, 0.05) is 32.2 Å². The second kappa shape index (κ2) is 9.90. The van der Waals surface area contributed by atoms with Crippen molar-refractivity contribution >= 4 is 5.91 Å². The van der Waals surface area contributed by atoms with Gasteiger partial charge in [-0.2, -0.15) is 0 Å². The van der Waals surface area contributed by atoms with Crippen molar-refractivity contribution in [1.29, 1.82) is 0 Å². The summed E-state index contributed by atoms with van der Waals surface area (Å²) in [5.41, 5.74) is 1.22. The lowest BCUT2D eigenvalue weighted by Gasteiger charge is -2.34. The number of ether oxygens (including phenoxy) is 1. The topological polar surface area (TPSA) is 44.8 Å². The third-order valence-electron chi connectivity index (χ3n) is 4.71. The van der Waals surface area contributed by atoms with Crippen LogP contribution in [0.3, 0.4) is 0 Å². The Morgan fingerprint density at radius 1 is 1.32 bits per heavy atom. The van der Waals surface area contributed by atoms with E-state index in [0.29, 0.717) is 19.0 Å². The Hall–Kier alpha value is -1.43. The molecule has 1 aliphatic heterocycles. The highest BCUT2D eigenvalue weighted by Gasteiger charge is 2.22. The van der Waals surface area contributed by atoms with E-state index in [2.05, 4.69) is 48.0 Å². The number of nitrogens with one attached hydrogen (secondary N) is 1. The Bertz CT molecular complexity index is 521. The summed E-state index contributed by atoms with van der Waals surface area (Å²) >= 11 is 0. The first-order valence-electron chi connectivity index (χ1n) is 9.31. The van der Waals surface area contributed by atoms with Crippen molar-refractivity contribution in [2.24, 2.45) is 5.92 Å². The molecule has 140 valence electrons. The maximum absolute atomic E-state index is 12.3. The van der Waals surface area contributed by atoms with Crippen molar-refractivity contribution in [2.75, 3.05) is 46.4 Å². The maximum atomic E-state index is 12.3. The van der Waals surface area contributed by atoms with Gasteiger partial charge in [0.2, 0.25) is 5.91 Å². The van der Waals surface area contributed by atoms with Crippen LogP contribution in [0.25, 0.3) is 0 Å². The van der Waals surface area contributed by atoms with Gasteiger partial charge in [-0.15, -0.1) is 0 Å². The maximum Gasteiger partial charge on any atom is 0.234 e. The van der Waals surface area contributed by atoms with Gasteiger partial charge in [-0.3, -0.25) is 14.6 Å². The van der Waals surface area contributed by atoms with E-state index in [1.807, 2.05) is 25.2 Å². The molecule has 2 atom stereocenters. The van der Waals surface area contributed by atoms with E-state index in [0.717, 1.165) is 26.2 Å². The van der Waals surface area contributed by atoms with Crippen LogP contribution < -0.4 is 5.32 Å². The number of hydrogen-bond donors (Lipinski definition) is 1. The molecule has 2 rings (SSSR count). The zero-order valence-corrected chi connectivity index (χ0v) is 16.1. The van der Waals surface area contributed by atoms with Crippen LogP contribution in [0.15, 0.2) is 30.3 Å². The number of amides is 1. The predicted octanol–water partition coefficient (Wildman–Crippen LogP) is 2.15. The molecule has 1 N–H and O–H groups in total. The van der Waals surface area contributed by atoms with Gasteiger partial charge in [0.25, 0.3) is 0 Å². The van der Waals surface area contributed by atoms with E-state index >= 15 is 0 Å².